The summed E-state index contributed by atoms with van der Waals surface area (Å²) in [6.07, 6.45) is -0.696. The minimum absolute atomic E-state index is 0.143. The molecule has 2 unspecified atom stereocenters. The van der Waals surface area contributed by atoms with Gasteiger partial charge in [0.15, 0.2) is 0 Å². The Morgan fingerprint density at radius 3 is 2.44 bits per heavy atom. The molecule has 1 amide bonds. The Hall–Kier alpha value is -2.55. The van der Waals surface area contributed by atoms with Crippen molar-refractivity contribution in [1.82, 2.24) is 10.2 Å². The van der Waals surface area contributed by atoms with Crippen LogP contribution >= 0.6 is 0 Å². The zero-order valence-corrected chi connectivity index (χ0v) is 18.0. The molecule has 0 radical (unpaired) electrons. The molecule has 32 heavy (non-hydrogen) atoms. The van der Waals surface area contributed by atoms with Gasteiger partial charge in [-0.1, -0.05) is 12.1 Å². The summed E-state index contributed by atoms with van der Waals surface area (Å²) >= 11 is 0. The van der Waals surface area contributed by atoms with Gasteiger partial charge in [-0.2, -0.15) is 13.2 Å². The van der Waals surface area contributed by atoms with E-state index in [1.165, 1.54) is 11.0 Å². The smallest absolute Gasteiger partial charge is 0.385 e. The molecule has 1 aromatic rings. The first kappa shape index (κ1) is 22.6. The summed E-state index contributed by atoms with van der Waals surface area (Å²) in [5.41, 5.74) is 0.802. The van der Waals surface area contributed by atoms with Crippen molar-refractivity contribution in [3.8, 4) is 0 Å². The molecule has 0 aromatic heterocycles. The molecule has 1 aromatic carbocycles. The lowest BCUT2D eigenvalue weighted by Gasteiger charge is -2.36. The molecule has 2 fully saturated rings. The van der Waals surface area contributed by atoms with Gasteiger partial charge in [-0.05, 0) is 38.0 Å². The third kappa shape index (κ3) is 4.77. The molecule has 0 aliphatic carbocycles. The van der Waals surface area contributed by atoms with E-state index in [2.05, 4.69) is 5.32 Å². The van der Waals surface area contributed by atoms with Crippen LogP contribution in [-0.4, -0.2) is 62.0 Å². The Morgan fingerprint density at radius 2 is 1.78 bits per heavy atom. The second kappa shape index (κ2) is 9.13. The fraction of sp³-hybridized carbons (Fsp3) is 0.565. The minimum atomic E-state index is -4.40. The molecule has 174 valence electrons. The first-order valence-electron chi connectivity index (χ1n) is 11.1. The fourth-order valence-electron chi connectivity index (χ4n) is 4.65. The van der Waals surface area contributed by atoms with Gasteiger partial charge < -0.3 is 19.9 Å². The molecule has 3 heterocycles. The van der Waals surface area contributed by atoms with Gasteiger partial charge in [-0.3, -0.25) is 9.59 Å². The largest absolute Gasteiger partial charge is 0.416 e. The Morgan fingerprint density at radius 1 is 1.09 bits per heavy atom. The predicted molar refractivity (Wildman–Crippen MR) is 113 cm³/mol. The number of anilines is 1. The average molecular weight is 451 g/mol. The lowest BCUT2D eigenvalue weighted by atomic mass is 9.94. The molecule has 2 atom stereocenters. The van der Waals surface area contributed by atoms with E-state index in [-0.39, 0.29) is 6.04 Å². The summed E-state index contributed by atoms with van der Waals surface area (Å²) in [6, 6.07) is 5.04. The number of nitrogens with one attached hydrogen (secondary N) is 1. The second-order valence-electron chi connectivity index (χ2n) is 8.66. The molecule has 3 aliphatic heterocycles. The number of carbonyl (C=O) groups is 2. The highest BCUT2D eigenvalue weighted by molar-refractivity contribution is 6.37. The number of rotatable bonds is 4. The van der Waals surface area contributed by atoms with Crippen LogP contribution < -0.4 is 10.2 Å². The van der Waals surface area contributed by atoms with E-state index in [1.807, 2.05) is 17.9 Å². The summed E-state index contributed by atoms with van der Waals surface area (Å²) in [7, 11) is 0. The molecule has 3 aliphatic rings. The van der Waals surface area contributed by atoms with E-state index in [1.54, 1.807) is 6.07 Å². The third-order valence-electron chi connectivity index (χ3n) is 6.57. The number of nitrogens with zero attached hydrogens (tertiary/aromatic N) is 2. The topological polar surface area (TPSA) is 61.9 Å². The summed E-state index contributed by atoms with van der Waals surface area (Å²) in [6.45, 7) is 4.66. The molecule has 0 saturated carbocycles. The monoisotopic (exact) mass is 451 g/mol. The number of ether oxygens (including phenoxy) is 1. The van der Waals surface area contributed by atoms with Crippen molar-refractivity contribution in [3.63, 3.8) is 0 Å². The van der Waals surface area contributed by atoms with Gasteiger partial charge in [0.1, 0.15) is 0 Å². The van der Waals surface area contributed by atoms with Crippen molar-refractivity contribution in [3.05, 3.63) is 41.6 Å². The number of hydrogen-bond donors (Lipinski definition) is 1. The number of piperazine rings is 1. The van der Waals surface area contributed by atoms with Gasteiger partial charge in [-0.15, -0.1) is 0 Å². The highest BCUT2D eigenvalue weighted by atomic mass is 19.4. The van der Waals surface area contributed by atoms with Crippen LogP contribution in [0.25, 0.3) is 0 Å². The van der Waals surface area contributed by atoms with Gasteiger partial charge in [0.25, 0.3) is 5.91 Å². The zero-order chi connectivity index (χ0) is 22.9. The van der Waals surface area contributed by atoms with E-state index in [0.717, 1.165) is 30.7 Å². The number of Topliss-reactive ketones (excluding diaryl/α,β-unsaturated/α-hetero) is 1. The Bertz CT molecular complexity index is 888. The van der Waals surface area contributed by atoms with Crippen molar-refractivity contribution in [1.29, 1.82) is 0 Å². The second-order valence-corrected chi connectivity index (χ2v) is 8.66. The Balaban J connectivity index is 1.36. The number of benzene rings is 1. The standard InChI is InChI=1S/C23H28F3N3O3/c1-15-19(14-20(27-15)16-5-11-32-12-6-16)21(30)22(31)29-9-7-28(8-10-29)18-4-2-3-17(13-18)23(24,25)26/h2-4,13-16,19,27H,5-12H2,1H3. The third-order valence-corrected chi connectivity index (χ3v) is 6.57. The quantitative estimate of drug-likeness (QED) is 0.714. The fourth-order valence-corrected chi connectivity index (χ4v) is 4.65. The van der Waals surface area contributed by atoms with Crippen molar-refractivity contribution in [2.45, 2.75) is 32.0 Å². The molecule has 6 nitrogen and oxygen atoms in total. The highest BCUT2D eigenvalue weighted by Gasteiger charge is 2.38. The van der Waals surface area contributed by atoms with E-state index in [4.69, 9.17) is 4.74 Å². The first-order valence-corrected chi connectivity index (χ1v) is 11.1. The van der Waals surface area contributed by atoms with E-state index in [9.17, 15) is 22.8 Å². The summed E-state index contributed by atoms with van der Waals surface area (Å²) in [4.78, 5) is 29.2. The molecule has 1 N–H and O–H groups in total. The number of amides is 1. The van der Waals surface area contributed by atoms with Crippen molar-refractivity contribution in [2.24, 2.45) is 11.8 Å². The molecule has 2 saturated heterocycles. The van der Waals surface area contributed by atoms with E-state index < -0.39 is 29.3 Å². The van der Waals surface area contributed by atoms with Gasteiger partial charge >= 0.3 is 6.18 Å². The number of alkyl halides is 3. The van der Waals surface area contributed by atoms with Crippen LogP contribution in [0.2, 0.25) is 0 Å². The van der Waals surface area contributed by atoms with Crippen LogP contribution in [0, 0.1) is 11.8 Å². The van der Waals surface area contributed by atoms with Gasteiger partial charge in [-0.25, -0.2) is 0 Å². The molecule has 0 bridgehead atoms. The van der Waals surface area contributed by atoms with Crippen molar-refractivity contribution in [2.75, 3.05) is 44.3 Å². The number of allylic oxidation sites excluding steroid dienone is 1. The summed E-state index contributed by atoms with van der Waals surface area (Å²) < 4.78 is 44.4. The first-order chi connectivity index (χ1) is 15.2. The van der Waals surface area contributed by atoms with Crippen LogP contribution in [0.5, 0.6) is 0 Å². The number of ketones is 1. The van der Waals surface area contributed by atoms with E-state index in [0.29, 0.717) is 51.0 Å². The Kier molecular flexibility index (Phi) is 6.46. The van der Waals surface area contributed by atoms with Gasteiger partial charge in [0.05, 0.1) is 11.5 Å². The lowest BCUT2D eigenvalue weighted by Crippen LogP contribution is -2.52. The number of carbonyl (C=O) groups excluding carboxylic acids is 2. The van der Waals surface area contributed by atoms with Crippen molar-refractivity contribution >= 4 is 17.4 Å². The molecule has 9 heteroatoms. The van der Waals surface area contributed by atoms with Crippen LogP contribution in [0.4, 0.5) is 18.9 Å². The lowest BCUT2D eigenvalue weighted by molar-refractivity contribution is -0.146. The summed E-state index contributed by atoms with van der Waals surface area (Å²) in [5, 5.41) is 3.37. The Labute approximate surface area is 185 Å². The molecular formula is C23H28F3N3O3. The maximum absolute atomic E-state index is 13.0. The maximum atomic E-state index is 13.0. The minimum Gasteiger partial charge on any atom is -0.385 e. The average Bonchev–Trinajstić information content (AvgIpc) is 3.20. The van der Waals surface area contributed by atoms with Gasteiger partial charge in [0, 0.05) is 62.7 Å². The normalized spacial score (nSPS) is 24.8. The summed E-state index contributed by atoms with van der Waals surface area (Å²) in [5.74, 6) is -1.12. The maximum Gasteiger partial charge on any atom is 0.416 e. The van der Waals surface area contributed by atoms with Crippen molar-refractivity contribution < 1.29 is 27.5 Å². The predicted octanol–water partition coefficient (Wildman–Crippen LogP) is 2.84. The van der Waals surface area contributed by atoms with Gasteiger partial charge in [0.2, 0.25) is 5.78 Å². The van der Waals surface area contributed by atoms with Crippen LogP contribution in [0.3, 0.4) is 0 Å². The van der Waals surface area contributed by atoms with Crippen LogP contribution in [0.1, 0.15) is 25.3 Å². The molecule has 0 spiro atoms. The van der Waals surface area contributed by atoms with Crippen LogP contribution in [-0.2, 0) is 20.5 Å². The SMILES string of the molecule is CC1NC(C2CCOCC2)=CC1C(=O)C(=O)N1CCN(c2cccc(C(F)(F)F)c2)CC1. The number of halogens is 3. The van der Waals surface area contributed by atoms with Crippen LogP contribution in [0.15, 0.2) is 36.0 Å². The molecule has 4 rings (SSSR count). The highest BCUT2D eigenvalue weighted by Crippen LogP contribution is 2.32. The van der Waals surface area contributed by atoms with E-state index >= 15 is 0 Å². The zero-order valence-electron chi connectivity index (χ0n) is 18.0. The number of hydrogen-bond acceptors (Lipinski definition) is 5. The molecular weight excluding hydrogens is 423 g/mol.